The monoisotopic (exact) mass is 668 g/mol. The third kappa shape index (κ3) is 8.56. The van der Waals surface area contributed by atoms with Crippen molar-refractivity contribution >= 4 is 23.6 Å². The van der Waals surface area contributed by atoms with Crippen LogP contribution in [0.25, 0.3) is 11.1 Å². The first-order valence-corrected chi connectivity index (χ1v) is 16.7. The summed E-state index contributed by atoms with van der Waals surface area (Å²) in [6.45, 7) is 2.06. The second kappa shape index (κ2) is 16.5. The van der Waals surface area contributed by atoms with Crippen molar-refractivity contribution in [2.75, 3.05) is 12.0 Å². The maximum atomic E-state index is 14.0. The van der Waals surface area contributed by atoms with Crippen LogP contribution in [0.4, 0.5) is 10.5 Å². The lowest BCUT2D eigenvalue weighted by Crippen LogP contribution is -2.58. The van der Waals surface area contributed by atoms with Gasteiger partial charge in [-0.2, -0.15) is 0 Å². The Morgan fingerprint density at radius 2 is 1.18 bits per heavy atom. The summed E-state index contributed by atoms with van der Waals surface area (Å²) in [6, 6.07) is 42.1. The molecule has 1 aliphatic carbocycles. The number of benzene rings is 5. The molecule has 9 heteroatoms. The topological polar surface area (TPSA) is 118 Å². The second-order valence-electron chi connectivity index (χ2n) is 12.2. The fraction of sp³-hybridized carbons (Fsp3) is 0.195. The van der Waals surface area contributed by atoms with Gasteiger partial charge in [0.25, 0.3) is 5.91 Å². The van der Waals surface area contributed by atoms with Crippen LogP contribution in [-0.2, 0) is 32.1 Å². The van der Waals surface area contributed by atoms with Crippen LogP contribution in [0.15, 0.2) is 140 Å². The van der Waals surface area contributed by atoms with Crippen LogP contribution in [0.2, 0.25) is 0 Å². The third-order valence-corrected chi connectivity index (χ3v) is 8.74. The highest BCUT2D eigenvalue weighted by molar-refractivity contribution is 5.92. The van der Waals surface area contributed by atoms with Crippen molar-refractivity contribution in [2.45, 2.75) is 44.1 Å². The molecule has 0 bridgehead atoms. The zero-order valence-electron chi connectivity index (χ0n) is 27.8. The van der Waals surface area contributed by atoms with E-state index in [4.69, 9.17) is 9.47 Å². The second-order valence-corrected chi connectivity index (χ2v) is 12.2. The maximum absolute atomic E-state index is 14.0. The minimum Gasteiger partial charge on any atom is -0.449 e. The van der Waals surface area contributed by atoms with Gasteiger partial charge in [-0.1, -0.05) is 127 Å². The fourth-order valence-electron chi connectivity index (χ4n) is 6.12. The SMILES string of the molecule is C[C@@H](OCc1ccccc1)[C@H](NC(=O)[C@H](Cc1ccccc1)NC(=O)OCC1c2ccccc2-c2ccccc21)C(=O)NNc1ccccc1. The lowest BCUT2D eigenvalue weighted by atomic mass is 9.98. The molecule has 0 saturated carbocycles. The van der Waals surface area contributed by atoms with E-state index < -0.39 is 36.1 Å². The molecule has 5 aromatic rings. The average Bonchev–Trinajstić information content (AvgIpc) is 3.48. The van der Waals surface area contributed by atoms with Crippen molar-refractivity contribution in [3.8, 4) is 11.1 Å². The Labute approximate surface area is 292 Å². The van der Waals surface area contributed by atoms with Crippen LogP contribution >= 0.6 is 0 Å². The van der Waals surface area contributed by atoms with E-state index in [0.717, 1.165) is 33.4 Å². The summed E-state index contributed by atoms with van der Waals surface area (Å²) >= 11 is 0. The van der Waals surface area contributed by atoms with Crippen LogP contribution in [-0.4, -0.2) is 42.7 Å². The number of hydrogen-bond acceptors (Lipinski definition) is 6. The van der Waals surface area contributed by atoms with Gasteiger partial charge in [0.2, 0.25) is 5.91 Å². The van der Waals surface area contributed by atoms with Crippen LogP contribution in [0.5, 0.6) is 0 Å². The fourth-order valence-corrected chi connectivity index (χ4v) is 6.12. The van der Waals surface area contributed by atoms with Gasteiger partial charge in [-0.3, -0.25) is 20.4 Å². The summed E-state index contributed by atoms with van der Waals surface area (Å²) < 4.78 is 11.9. The Bertz CT molecular complexity index is 1840. The minimum atomic E-state index is -1.11. The highest BCUT2D eigenvalue weighted by Crippen LogP contribution is 2.44. The first-order chi connectivity index (χ1) is 24.5. The number of carbonyl (C=O) groups excluding carboxylic acids is 3. The van der Waals surface area contributed by atoms with Gasteiger partial charge in [-0.25, -0.2) is 4.79 Å². The molecule has 4 N–H and O–H groups in total. The molecule has 3 atom stereocenters. The molecular formula is C41H40N4O5. The molecule has 3 amide bonds. The number of alkyl carbamates (subject to hydrolysis) is 1. The number of hydrazine groups is 1. The molecule has 1 aliphatic rings. The highest BCUT2D eigenvalue weighted by atomic mass is 16.5. The van der Waals surface area contributed by atoms with E-state index in [0.29, 0.717) is 5.69 Å². The molecule has 9 nitrogen and oxygen atoms in total. The molecule has 254 valence electrons. The molecular weight excluding hydrogens is 628 g/mol. The maximum Gasteiger partial charge on any atom is 0.407 e. The molecule has 0 spiro atoms. The van der Waals surface area contributed by atoms with E-state index in [1.165, 1.54) is 0 Å². The van der Waals surface area contributed by atoms with Crippen molar-refractivity contribution < 1.29 is 23.9 Å². The molecule has 0 heterocycles. The zero-order chi connectivity index (χ0) is 34.7. The van der Waals surface area contributed by atoms with Crippen LogP contribution in [0.3, 0.4) is 0 Å². The Kier molecular flexibility index (Phi) is 11.2. The number of para-hydroxylation sites is 1. The summed E-state index contributed by atoms with van der Waals surface area (Å²) in [5.41, 5.74) is 12.4. The molecule has 0 aromatic heterocycles. The predicted molar refractivity (Wildman–Crippen MR) is 193 cm³/mol. The Hall–Kier alpha value is -5.93. The normalized spacial score (nSPS) is 13.5. The van der Waals surface area contributed by atoms with Crippen molar-refractivity contribution in [2.24, 2.45) is 0 Å². The lowest BCUT2D eigenvalue weighted by molar-refractivity contribution is -0.133. The number of anilines is 1. The summed E-state index contributed by atoms with van der Waals surface area (Å²) in [5, 5.41) is 5.63. The minimum absolute atomic E-state index is 0.0973. The van der Waals surface area contributed by atoms with Crippen LogP contribution in [0.1, 0.15) is 35.1 Å². The van der Waals surface area contributed by atoms with Gasteiger partial charge in [-0.05, 0) is 52.4 Å². The quantitative estimate of drug-likeness (QED) is 0.102. The molecule has 6 rings (SSSR count). The predicted octanol–water partition coefficient (Wildman–Crippen LogP) is 6.37. The van der Waals surface area contributed by atoms with Gasteiger partial charge >= 0.3 is 6.09 Å². The van der Waals surface area contributed by atoms with Gasteiger partial charge in [-0.15, -0.1) is 0 Å². The summed E-state index contributed by atoms with van der Waals surface area (Å²) in [4.78, 5) is 41.0. The number of amides is 3. The Balaban J connectivity index is 1.16. The Morgan fingerprint density at radius 1 is 0.640 bits per heavy atom. The molecule has 0 radical (unpaired) electrons. The van der Waals surface area contributed by atoms with Gasteiger partial charge in [0.15, 0.2) is 0 Å². The van der Waals surface area contributed by atoms with E-state index in [9.17, 15) is 14.4 Å². The lowest BCUT2D eigenvalue weighted by Gasteiger charge is -2.27. The van der Waals surface area contributed by atoms with Crippen molar-refractivity contribution in [3.05, 3.63) is 162 Å². The smallest absolute Gasteiger partial charge is 0.407 e. The van der Waals surface area contributed by atoms with Crippen LogP contribution < -0.4 is 21.5 Å². The first kappa shape index (κ1) is 34.0. The number of hydrogen-bond donors (Lipinski definition) is 4. The highest BCUT2D eigenvalue weighted by Gasteiger charge is 2.33. The molecule has 0 saturated heterocycles. The van der Waals surface area contributed by atoms with E-state index >= 15 is 0 Å². The average molecular weight is 669 g/mol. The van der Waals surface area contributed by atoms with E-state index in [1.807, 2.05) is 115 Å². The van der Waals surface area contributed by atoms with E-state index in [2.05, 4.69) is 33.6 Å². The number of nitrogens with one attached hydrogen (secondary N) is 4. The summed E-state index contributed by atoms with van der Waals surface area (Å²) in [5.74, 6) is -1.21. The van der Waals surface area contributed by atoms with Crippen molar-refractivity contribution in [1.82, 2.24) is 16.1 Å². The molecule has 5 aromatic carbocycles. The van der Waals surface area contributed by atoms with E-state index in [-0.39, 0.29) is 25.6 Å². The van der Waals surface area contributed by atoms with Crippen molar-refractivity contribution in [3.63, 3.8) is 0 Å². The molecule has 50 heavy (non-hydrogen) atoms. The summed E-state index contributed by atoms with van der Waals surface area (Å²) in [7, 11) is 0. The standard InChI is InChI=1S/C41H40N4O5/c1-28(49-26-30-17-7-3-8-18-30)38(40(47)45-44-31-19-9-4-10-20-31)43-39(46)37(25-29-15-5-2-6-16-29)42-41(48)50-27-36-34-23-13-11-21-32(34)33-22-12-14-24-35(33)36/h2-24,28,36-38,44H,25-27H2,1H3,(H,42,48)(H,43,46)(H,45,47)/t28-,37+,38+/m1/s1. The largest absolute Gasteiger partial charge is 0.449 e. The molecule has 0 aliphatic heterocycles. The van der Waals surface area contributed by atoms with Gasteiger partial charge in [0.1, 0.15) is 18.7 Å². The molecule has 0 fully saturated rings. The van der Waals surface area contributed by atoms with Gasteiger partial charge in [0.05, 0.1) is 18.4 Å². The van der Waals surface area contributed by atoms with E-state index in [1.54, 1.807) is 19.1 Å². The number of fused-ring (bicyclic) bond motifs is 3. The van der Waals surface area contributed by atoms with Crippen molar-refractivity contribution in [1.29, 1.82) is 0 Å². The first-order valence-electron chi connectivity index (χ1n) is 16.7. The summed E-state index contributed by atoms with van der Waals surface area (Å²) in [6.07, 6.45) is -1.29. The molecule has 0 unspecified atom stereocenters. The van der Waals surface area contributed by atoms with Crippen LogP contribution in [0, 0.1) is 0 Å². The Morgan fingerprint density at radius 3 is 1.80 bits per heavy atom. The van der Waals surface area contributed by atoms with Gasteiger partial charge < -0.3 is 20.1 Å². The number of rotatable bonds is 14. The number of carbonyl (C=O) groups is 3. The zero-order valence-corrected chi connectivity index (χ0v) is 27.8. The number of ether oxygens (including phenoxy) is 2. The van der Waals surface area contributed by atoms with Gasteiger partial charge in [0, 0.05) is 12.3 Å². The third-order valence-electron chi connectivity index (χ3n) is 8.74.